The Kier molecular flexibility index (Phi) is 4.18. The number of hydrogen-bond acceptors (Lipinski definition) is 4. The van der Waals surface area contributed by atoms with Crippen LogP contribution in [-0.4, -0.2) is 48.2 Å². The van der Waals surface area contributed by atoms with E-state index in [0.29, 0.717) is 23.2 Å². The maximum Gasteiger partial charge on any atom is 0.261 e. The Morgan fingerprint density at radius 2 is 1.85 bits per heavy atom. The SMILES string of the molecule is COc1cccc(C2CCCN2C(=O)c2ccc3c(c2)C(=O)N(C)C3=O)c1. The number of benzene rings is 2. The lowest BCUT2D eigenvalue weighted by atomic mass is 10.0. The average molecular weight is 364 g/mol. The molecule has 0 N–H and O–H groups in total. The minimum absolute atomic E-state index is 0.0270. The van der Waals surface area contributed by atoms with Crippen LogP contribution in [0.25, 0.3) is 0 Å². The van der Waals surface area contributed by atoms with Crippen molar-refractivity contribution in [3.63, 3.8) is 0 Å². The number of likely N-dealkylation sites (tertiary alicyclic amines) is 1. The summed E-state index contributed by atoms with van der Waals surface area (Å²) in [6.45, 7) is 0.657. The van der Waals surface area contributed by atoms with Crippen molar-refractivity contribution in [2.24, 2.45) is 0 Å². The van der Waals surface area contributed by atoms with Crippen molar-refractivity contribution in [2.45, 2.75) is 18.9 Å². The zero-order valence-electron chi connectivity index (χ0n) is 15.3. The fourth-order valence-corrected chi connectivity index (χ4v) is 3.87. The summed E-state index contributed by atoms with van der Waals surface area (Å²) in [5, 5.41) is 0. The number of ether oxygens (including phenoxy) is 1. The summed E-state index contributed by atoms with van der Waals surface area (Å²) in [5.74, 6) is -0.0609. The van der Waals surface area contributed by atoms with E-state index in [-0.39, 0.29) is 23.8 Å². The van der Waals surface area contributed by atoms with Gasteiger partial charge in [0, 0.05) is 19.2 Å². The van der Waals surface area contributed by atoms with Crippen LogP contribution in [0.5, 0.6) is 5.75 Å². The number of carbonyl (C=O) groups excluding carboxylic acids is 3. The van der Waals surface area contributed by atoms with Crippen molar-refractivity contribution in [1.29, 1.82) is 0 Å². The van der Waals surface area contributed by atoms with E-state index in [1.807, 2.05) is 29.2 Å². The van der Waals surface area contributed by atoms with Crippen LogP contribution in [0.15, 0.2) is 42.5 Å². The van der Waals surface area contributed by atoms with Gasteiger partial charge in [-0.3, -0.25) is 19.3 Å². The summed E-state index contributed by atoms with van der Waals surface area (Å²) in [5.41, 5.74) is 2.11. The second-order valence-electron chi connectivity index (χ2n) is 6.86. The van der Waals surface area contributed by atoms with Gasteiger partial charge in [0.25, 0.3) is 17.7 Å². The molecule has 2 aliphatic heterocycles. The molecule has 1 unspecified atom stereocenters. The molecular formula is C21H20N2O4. The van der Waals surface area contributed by atoms with Gasteiger partial charge in [0.2, 0.25) is 0 Å². The number of nitrogens with zero attached hydrogens (tertiary/aromatic N) is 2. The summed E-state index contributed by atoms with van der Waals surface area (Å²) >= 11 is 0. The second-order valence-corrected chi connectivity index (χ2v) is 6.86. The van der Waals surface area contributed by atoms with E-state index in [1.54, 1.807) is 25.3 Å². The van der Waals surface area contributed by atoms with Gasteiger partial charge in [0.1, 0.15) is 5.75 Å². The Balaban J connectivity index is 1.65. The van der Waals surface area contributed by atoms with Gasteiger partial charge >= 0.3 is 0 Å². The summed E-state index contributed by atoms with van der Waals surface area (Å²) < 4.78 is 5.30. The van der Waals surface area contributed by atoms with Gasteiger partial charge < -0.3 is 9.64 Å². The van der Waals surface area contributed by atoms with E-state index >= 15 is 0 Å². The lowest BCUT2D eigenvalue weighted by Crippen LogP contribution is -2.30. The standard InChI is InChI=1S/C21H20N2O4/c1-22-20(25)16-9-8-14(12-17(16)21(22)26)19(24)23-10-4-7-18(23)13-5-3-6-15(11-13)27-2/h3,5-6,8-9,11-12,18H,4,7,10H2,1-2H3. The molecule has 27 heavy (non-hydrogen) atoms. The molecule has 138 valence electrons. The third-order valence-electron chi connectivity index (χ3n) is 5.33. The van der Waals surface area contributed by atoms with Crippen LogP contribution in [0.1, 0.15) is 55.5 Å². The molecule has 3 amide bonds. The van der Waals surface area contributed by atoms with Crippen LogP contribution in [0, 0.1) is 0 Å². The maximum atomic E-state index is 13.1. The Morgan fingerprint density at radius 3 is 2.63 bits per heavy atom. The first-order chi connectivity index (χ1) is 13.0. The summed E-state index contributed by atoms with van der Waals surface area (Å²) in [6, 6.07) is 12.5. The van der Waals surface area contributed by atoms with Crippen LogP contribution < -0.4 is 4.74 Å². The molecule has 1 fully saturated rings. The zero-order chi connectivity index (χ0) is 19.1. The van der Waals surface area contributed by atoms with Gasteiger partial charge in [0.05, 0.1) is 24.3 Å². The van der Waals surface area contributed by atoms with E-state index in [2.05, 4.69) is 0 Å². The number of methoxy groups -OCH3 is 1. The van der Waals surface area contributed by atoms with E-state index in [1.165, 1.54) is 7.05 Å². The minimum Gasteiger partial charge on any atom is -0.497 e. The summed E-state index contributed by atoms with van der Waals surface area (Å²) in [6.07, 6.45) is 1.79. The molecule has 0 radical (unpaired) electrons. The number of rotatable bonds is 3. The van der Waals surface area contributed by atoms with Gasteiger partial charge in [-0.1, -0.05) is 12.1 Å². The van der Waals surface area contributed by atoms with E-state index < -0.39 is 0 Å². The Labute approximate surface area is 157 Å². The topological polar surface area (TPSA) is 66.9 Å². The van der Waals surface area contributed by atoms with Crippen molar-refractivity contribution in [3.8, 4) is 5.75 Å². The van der Waals surface area contributed by atoms with E-state index in [4.69, 9.17) is 4.74 Å². The highest BCUT2D eigenvalue weighted by atomic mass is 16.5. The number of hydrogen-bond donors (Lipinski definition) is 0. The van der Waals surface area contributed by atoms with Crippen LogP contribution in [0.3, 0.4) is 0 Å². The fraction of sp³-hybridized carbons (Fsp3) is 0.286. The van der Waals surface area contributed by atoms with E-state index in [0.717, 1.165) is 29.1 Å². The highest BCUT2D eigenvalue weighted by Gasteiger charge is 2.35. The first-order valence-corrected chi connectivity index (χ1v) is 8.92. The van der Waals surface area contributed by atoms with Crippen LogP contribution in [0.2, 0.25) is 0 Å². The number of imide groups is 1. The van der Waals surface area contributed by atoms with Crippen molar-refractivity contribution < 1.29 is 19.1 Å². The van der Waals surface area contributed by atoms with Crippen LogP contribution in [0.4, 0.5) is 0 Å². The normalized spacial score (nSPS) is 18.8. The molecule has 6 heteroatoms. The first kappa shape index (κ1) is 17.3. The maximum absolute atomic E-state index is 13.1. The number of amides is 3. The summed E-state index contributed by atoms with van der Waals surface area (Å²) in [4.78, 5) is 40.3. The molecule has 0 aromatic heterocycles. The summed E-state index contributed by atoms with van der Waals surface area (Å²) in [7, 11) is 3.07. The van der Waals surface area contributed by atoms with Crippen molar-refractivity contribution in [3.05, 3.63) is 64.7 Å². The van der Waals surface area contributed by atoms with Gasteiger partial charge in [-0.05, 0) is 48.7 Å². The molecule has 0 bridgehead atoms. The third-order valence-corrected chi connectivity index (χ3v) is 5.33. The molecule has 6 nitrogen and oxygen atoms in total. The van der Waals surface area contributed by atoms with Crippen molar-refractivity contribution in [1.82, 2.24) is 9.80 Å². The predicted octanol–water partition coefficient (Wildman–Crippen LogP) is 2.90. The lowest BCUT2D eigenvalue weighted by molar-refractivity contribution is 0.0692. The number of carbonyl (C=O) groups is 3. The molecule has 0 aliphatic carbocycles. The van der Waals surface area contributed by atoms with Gasteiger partial charge in [-0.2, -0.15) is 0 Å². The van der Waals surface area contributed by atoms with Gasteiger partial charge in [0.15, 0.2) is 0 Å². The van der Waals surface area contributed by atoms with Crippen LogP contribution in [-0.2, 0) is 0 Å². The molecule has 1 saturated heterocycles. The molecular weight excluding hydrogens is 344 g/mol. The Hall–Kier alpha value is -3.15. The lowest BCUT2D eigenvalue weighted by Gasteiger charge is -2.25. The predicted molar refractivity (Wildman–Crippen MR) is 98.9 cm³/mol. The minimum atomic E-state index is -0.365. The Morgan fingerprint density at radius 1 is 1.07 bits per heavy atom. The molecule has 2 aliphatic rings. The fourth-order valence-electron chi connectivity index (χ4n) is 3.87. The quantitative estimate of drug-likeness (QED) is 0.786. The molecule has 2 aromatic carbocycles. The highest BCUT2D eigenvalue weighted by molar-refractivity contribution is 6.21. The molecule has 0 saturated carbocycles. The highest BCUT2D eigenvalue weighted by Crippen LogP contribution is 2.35. The largest absolute Gasteiger partial charge is 0.497 e. The zero-order valence-corrected chi connectivity index (χ0v) is 15.3. The van der Waals surface area contributed by atoms with Gasteiger partial charge in [-0.15, -0.1) is 0 Å². The average Bonchev–Trinajstić information content (AvgIpc) is 3.27. The molecule has 2 aromatic rings. The second kappa shape index (κ2) is 6.54. The Bertz CT molecular complexity index is 953. The molecule has 1 atom stereocenters. The molecule has 4 rings (SSSR count). The van der Waals surface area contributed by atoms with Crippen molar-refractivity contribution in [2.75, 3.05) is 20.7 Å². The first-order valence-electron chi connectivity index (χ1n) is 8.92. The van der Waals surface area contributed by atoms with Crippen LogP contribution >= 0.6 is 0 Å². The van der Waals surface area contributed by atoms with Gasteiger partial charge in [-0.25, -0.2) is 0 Å². The number of fused-ring (bicyclic) bond motifs is 1. The van der Waals surface area contributed by atoms with E-state index in [9.17, 15) is 14.4 Å². The smallest absolute Gasteiger partial charge is 0.261 e. The molecule has 0 spiro atoms. The van der Waals surface area contributed by atoms with Crippen molar-refractivity contribution >= 4 is 17.7 Å². The monoisotopic (exact) mass is 364 g/mol. The molecule has 2 heterocycles. The third kappa shape index (κ3) is 2.77.